The molecule has 1 N–H and O–H groups in total. The Balaban J connectivity index is 2.79. The maximum atomic E-state index is 12.9. The van der Waals surface area contributed by atoms with Gasteiger partial charge in [-0.05, 0) is 32.9 Å². The third-order valence-corrected chi connectivity index (χ3v) is 3.91. The minimum Gasteiger partial charge on any atom is -0.598 e. The molecule has 0 saturated carbocycles. The Morgan fingerprint density at radius 2 is 2.24 bits per heavy atom. The molecule has 0 saturated heterocycles. The van der Waals surface area contributed by atoms with E-state index in [9.17, 15) is 8.94 Å². The van der Waals surface area contributed by atoms with Crippen molar-refractivity contribution in [3.8, 4) is 0 Å². The van der Waals surface area contributed by atoms with Crippen molar-refractivity contribution in [2.24, 2.45) is 0 Å². The highest BCUT2D eigenvalue weighted by Crippen LogP contribution is 2.20. The van der Waals surface area contributed by atoms with Crippen LogP contribution in [0.5, 0.6) is 0 Å². The number of aromatic nitrogens is 1. The van der Waals surface area contributed by atoms with Crippen molar-refractivity contribution in [1.82, 2.24) is 9.71 Å². The Hall–Kier alpha value is -0.360. The third kappa shape index (κ3) is 4.43. The van der Waals surface area contributed by atoms with E-state index in [0.717, 1.165) is 0 Å². The molecule has 96 valence electrons. The highest BCUT2D eigenvalue weighted by molar-refractivity contribution is 7.90. The number of nitrogens with one attached hydrogen (secondary N) is 1. The van der Waals surface area contributed by atoms with E-state index in [1.54, 1.807) is 12.1 Å². The zero-order valence-electron chi connectivity index (χ0n) is 10.0. The number of pyridine rings is 1. The molecule has 0 fully saturated rings. The van der Waals surface area contributed by atoms with Gasteiger partial charge < -0.3 is 4.55 Å². The lowest BCUT2D eigenvalue weighted by molar-refractivity contribution is 0.405. The maximum Gasteiger partial charge on any atom is 0.136 e. The van der Waals surface area contributed by atoms with Crippen LogP contribution in [-0.2, 0) is 11.4 Å². The van der Waals surface area contributed by atoms with Crippen molar-refractivity contribution < 1.29 is 8.94 Å². The predicted octanol–water partition coefficient (Wildman–Crippen LogP) is 2.80. The lowest BCUT2D eigenvalue weighted by atomic mass is 10.2. The Labute approximate surface area is 109 Å². The van der Waals surface area contributed by atoms with Crippen LogP contribution in [0.25, 0.3) is 0 Å². The molecule has 1 aromatic heterocycles. The molecule has 6 heteroatoms. The van der Waals surface area contributed by atoms with Gasteiger partial charge in [0.15, 0.2) is 0 Å². The van der Waals surface area contributed by atoms with E-state index in [4.69, 9.17) is 11.6 Å². The number of alkyl halides is 1. The van der Waals surface area contributed by atoms with Gasteiger partial charge in [-0.15, -0.1) is 4.72 Å². The first-order chi connectivity index (χ1) is 7.84. The highest BCUT2D eigenvalue weighted by atomic mass is 35.5. The van der Waals surface area contributed by atoms with Crippen molar-refractivity contribution in [3.63, 3.8) is 0 Å². The molecule has 0 radical (unpaired) electrons. The smallest absolute Gasteiger partial charge is 0.136 e. The number of hydrogen-bond acceptors (Lipinski definition) is 3. The Morgan fingerprint density at radius 1 is 1.59 bits per heavy atom. The van der Waals surface area contributed by atoms with Gasteiger partial charge >= 0.3 is 0 Å². The van der Waals surface area contributed by atoms with Gasteiger partial charge in [-0.25, -0.2) is 4.39 Å². The summed E-state index contributed by atoms with van der Waals surface area (Å²) in [6.45, 7) is 4.76. The zero-order chi connectivity index (χ0) is 13.1. The van der Waals surface area contributed by atoms with Crippen LogP contribution in [0.4, 0.5) is 4.39 Å². The van der Waals surface area contributed by atoms with Crippen molar-refractivity contribution >= 4 is 23.0 Å². The van der Waals surface area contributed by atoms with Crippen LogP contribution in [0.2, 0.25) is 5.02 Å². The quantitative estimate of drug-likeness (QED) is 0.862. The number of hydrogen-bond donors (Lipinski definition) is 1. The summed E-state index contributed by atoms with van der Waals surface area (Å²) in [7, 11) is 0. The molecular weight excluding hydrogens is 263 g/mol. The minimum absolute atomic E-state index is 0.452. The van der Waals surface area contributed by atoms with Crippen LogP contribution in [0.1, 0.15) is 32.5 Å². The molecule has 0 aliphatic rings. The predicted molar refractivity (Wildman–Crippen MR) is 69.0 cm³/mol. The highest BCUT2D eigenvalue weighted by Gasteiger charge is 2.30. The molecule has 17 heavy (non-hydrogen) atoms. The van der Waals surface area contributed by atoms with Crippen LogP contribution in [-0.4, -0.2) is 21.0 Å². The summed E-state index contributed by atoms with van der Waals surface area (Å²) < 4.78 is 27.1. The first-order valence-electron chi connectivity index (χ1n) is 5.20. The summed E-state index contributed by atoms with van der Waals surface area (Å²) in [6, 6.07) is 2.48. The maximum absolute atomic E-state index is 12.9. The lowest BCUT2D eigenvalue weighted by Crippen LogP contribution is -2.42. The summed E-state index contributed by atoms with van der Waals surface area (Å²) in [5.74, 6) is 0. The summed E-state index contributed by atoms with van der Waals surface area (Å²) in [5.41, 5.74) is 0.456. The molecule has 1 heterocycles. The van der Waals surface area contributed by atoms with E-state index in [-0.39, 0.29) is 0 Å². The van der Waals surface area contributed by atoms with Crippen LogP contribution < -0.4 is 4.72 Å². The van der Waals surface area contributed by atoms with Crippen molar-refractivity contribution in [1.29, 1.82) is 0 Å². The first-order valence-corrected chi connectivity index (χ1v) is 6.73. The Bertz CT molecular complexity index is 373. The third-order valence-electron chi connectivity index (χ3n) is 2.06. The van der Waals surface area contributed by atoms with E-state index in [1.165, 1.54) is 6.20 Å². The molecule has 0 aromatic carbocycles. The fraction of sp³-hybridized carbons (Fsp3) is 0.545. The molecule has 0 aliphatic carbocycles. The number of nitrogens with zero attached hydrogens (tertiary/aromatic N) is 1. The van der Waals surface area contributed by atoms with Gasteiger partial charge in [0.2, 0.25) is 0 Å². The fourth-order valence-corrected chi connectivity index (χ4v) is 2.05. The number of halogens is 2. The van der Waals surface area contributed by atoms with Crippen LogP contribution in [0.15, 0.2) is 18.3 Å². The van der Waals surface area contributed by atoms with Crippen molar-refractivity contribution in [2.45, 2.75) is 31.6 Å². The van der Waals surface area contributed by atoms with E-state index in [1.807, 2.05) is 20.8 Å². The van der Waals surface area contributed by atoms with E-state index < -0.39 is 28.8 Å². The average Bonchev–Trinajstić information content (AvgIpc) is 2.24. The Kier molecular flexibility index (Phi) is 5.19. The monoisotopic (exact) mass is 278 g/mol. The van der Waals surface area contributed by atoms with Crippen LogP contribution >= 0.6 is 11.6 Å². The van der Waals surface area contributed by atoms with Gasteiger partial charge in [0.25, 0.3) is 0 Å². The molecule has 2 atom stereocenters. The molecule has 1 aromatic rings. The summed E-state index contributed by atoms with van der Waals surface area (Å²) in [6.07, 6.45) is 1.50. The topological polar surface area (TPSA) is 48.0 Å². The van der Waals surface area contributed by atoms with Gasteiger partial charge in [-0.3, -0.25) is 4.98 Å². The van der Waals surface area contributed by atoms with E-state index in [0.29, 0.717) is 10.7 Å². The van der Waals surface area contributed by atoms with E-state index in [2.05, 4.69) is 9.71 Å². The summed E-state index contributed by atoms with van der Waals surface area (Å²) in [5, 5.41) is 0.483. The average molecular weight is 279 g/mol. The van der Waals surface area contributed by atoms with Crippen molar-refractivity contribution in [3.05, 3.63) is 29.0 Å². The second-order valence-corrected chi connectivity index (χ2v) is 7.04. The first kappa shape index (κ1) is 14.7. The Morgan fingerprint density at radius 3 is 2.71 bits per heavy atom. The van der Waals surface area contributed by atoms with Crippen LogP contribution in [0, 0.1) is 0 Å². The SMILES string of the molecule is CC(C)(C)[S+]([O-])N[C@H](CF)c1cc(Cl)ccn1. The molecular formula is C11H16ClFN2OS. The minimum atomic E-state index is -1.35. The largest absolute Gasteiger partial charge is 0.598 e. The molecule has 0 amide bonds. The molecule has 3 nitrogen and oxygen atoms in total. The van der Waals surface area contributed by atoms with Gasteiger partial charge in [-0.1, -0.05) is 11.6 Å². The van der Waals surface area contributed by atoms with Gasteiger partial charge in [0.1, 0.15) is 17.5 Å². The lowest BCUT2D eigenvalue weighted by Gasteiger charge is -2.26. The van der Waals surface area contributed by atoms with Gasteiger partial charge in [0.05, 0.1) is 5.69 Å². The molecule has 1 rings (SSSR count). The molecule has 0 spiro atoms. The number of rotatable bonds is 4. The molecule has 0 aliphatic heterocycles. The normalized spacial score (nSPS) is 15.6. The summed E-state index contributed by atoms with van der Waals surface area (Å²) >= 11 is 4.46. The summed E-state index contributed by atoms with van der Waals surface area (Å²) in [4.78, 5) is 4.02. The second-order valence-electron chi connectivity index (χ2n) is 4.60. The van der Waals surface area contributed by atoms with Crippen LogP contribution in [0.3, 0.4) is 0 Å². The molecule has 0 bridgehead atoms. The standard InChI is InChI=1S/C11H16ClFN2OS/c1-11(2,3)17(16)15-10(7-13)9-6-8(12)4-5-14-9/h4-6,10,15H,7H2,1-3H3/t10-,17?/m1/s1. The second kappa shape index (κ2) is 6.00. The zero-order valence-corrected chi connectivity index (χ0v) is 11.6. The fourth-order valence-electron chi connectivity index (χ4n) is 1.09. The molecule has 1 unspecified atom stereocenters. The van der Waals surface area contributed by atoms with Crippen molar-refractivity contribution in [2.75, 3.05) is 6.67 Å². The van der Waals surface area contributed by atoms with Gasteiger partial charge in [0, 0.05) is 22.6 Å². The van der Waals surface area contributed by atoms with Gasteiger partial charge in [-0.2, -0.15) is 0 Å². The van der Waals surface area contributed by atoms with E-state index >= 15 is 0 Å².